The zero-order valence-corrected chi connectivity index (χ0v) is 17.4. The number of fused-ring (bicyclic) bond motifs is 1. The van der Waals surface area contributed by atoms with E-state index >= 15 is 0 Å². The molecular weight excluding hydrogens is 411 g/mol. The molecule has 0 bridgehead atoms. The van der Waals surface area contributed by atoms with E-state index in [1.165, 1.54) is 11.1 Å². The summed E-state index contributed by atoms with van der Waals surface area (Å²) in [4.78, 5) is 33.9. The minimum Gasteiger partial charge on any atom is -0.494 e. The highest BCUT2D eigenvalue weighted by Gasteiger charge is 2.60. The lowest BCUT2D eigenvalue weighted by Crippen LogP contribution is -2.37. The molecule has 6 nitrogen and oxygen atoms in total. The maximum atomic E-state index is 14.8. The standard InChI is InChI=1S/C25H21FN2O4/c1-2-31-18-14-12-16(13-15-18)27-24(29)21-22(19-10-6-7-11-20(19)26)28(32-23(21)25(27)30)17-8-4-3-5-9-17/h3-15,21-23H,2H2,1H3/t21-,22+,23+/m1/s1. The van der Waals surface area contributed by atoms with Crippen molar-refractivity contribution in [2.75, 3.05) is 16.6 Å². The van der Waals surface area contributed by atoms with E-state index in [9.17, 15) is 14.0 Å². The first-order valence-electron chi connectivity index (χ1n) is 10.5. The maximum Gasteiger partial charge on any atom is 0.266 e. The Morgan fingerprint density at radius 3 is 2.25 bits per heavy atom. The maximum absolute atomic E-state index is 14.8. The number of rotatable bonds is 5. The summed E-state index contributed by atoms with van der Waals surface area (Å²) >= 11 is 0. The van der Waals surface area contributed by atoms with Gasteiger partial charge in [0.15, 0.2) is 6.10 Å². The number of carbonyl (C=O) groups is 2. The molecule has 2 amide bonds. The summed E-state index contributed by atoms with van der Waals surface area (Å²) in [7, 11) is 0. The molecule has 2 heterocycles. The molecule has 0 unspecified atom stereocenters. The van der Waals surface area contributed by atoms with Gasteiger partial charge in [-0.3, -0.25) is 14.4 Å². The van der Waals surface area contributed by atoms with Crippen LogP contribution in [0.4, 0.5) is 15.8 Å². The zero-order chi connectivity index (χ0) is 22.2. The van der Waals surface area contributed by atoms with Crippen molar-refractivity contribution in [1.29, 1.82) is 0 Å². The van der Waals surface area contributed by atoms with Crippen LogP contribution in [0.3, 0.4) is 0 Å². The minimum atomic E-state index is -1.04. The summed E-state index contributed by atoms with van der Waals surface area (Å²) in [6.07, 6.45) is -1.04. The molecule has 3 aromatic carbocycles. The van der Waals surface area contributed by atoms with Crippen LogP contribution in [0.1, 0.15) is 18.5 Å². The molecular formula is C25H21FN2O4. The molecule has 0 aliphatic carbocycles. The van der Waals surface area contributed by atoms with Crippen LogP contribution in [0.5, 0.6) is 5.75 Å². The number of anilines is 2. The fourth-order valence-electron chi connectivity index (χ4n) is 4.36. The number of ether oxygens (including phenoxy) is 1. The Hall–Kier alpha value is -3.71. The van der Waals surface area contributed by atoms with Gasteiger partial charge in [0.05, 0.1) is 24.0 Å². The van der Waals surface area contributed by atoms with Crippen LogP contribution in [0.2, 0.25) is 0 Å². The molecule has 32 heavy (non-hydrogen) atoms. The van der Waals surface area contributed by atoms with Gasteiger partial charge < -0.3 is 4.74 Å². The quantitative estimate of drug-likeness (QED) is 0.564. The van der Waals surface area contributed by atoms with Crippen molar-refractivity contribution in [1.82, 2.24) is 0 Å². The van der Waals surface area contributed by atoms with Gasteiger partial charge in [-0.2, -0.15) is 0 Å². The van der Waals surface area contributed by atoms with E-state index in [0.29, 0.717) is 29.3 Å². The van der Waals surface area contributed by atoms with E-state index in [0.717, 1.165) is 4.90 Å². The normalized spacial score (nSPS) is 22.4. The molecule has 0 N–H and O–H groups in total. The lowest BCUT2D eigenvalue weighted by atomic mass is 9.90. The van der Waals surface area contributed by atoms with Crippen molar-refractivity contribution in [3.05, 3.63) is 90.2 Å². The van der Waals surface area contributed by atoms with Crippen molar-refractivity contribution in [3.8, 4) is 5.75 Å². The average Bonchev–Trinajstić information content (AvgIpc) is 3.32. The van der Waals surface area contributed by atoms with E-state index in [1.54, 1.807) is 54.6 Å². The number of para-hydroxylation sites is 1. The summed E-state index contributed by atoms with van der Waals surface area (Å²) < 4.78 is 20.3. The minimum absolute atomic E-state index is 0.304. The van der Waals surface area contributed by atoms with Gasteiger partial charge in [0, 0.05) is 5.56 Å². The molecule has 162 valence electrons. The Labute approximate surface area is 184 Å². The van der Waals surface area contributed by atoms with Crippen molar-refractivity contribution in [2.45, 2.75) is 19.1 Å². The van der Waals surface area contributed by atoms with Gasteiger partial charge >= 0.3 is 0 Å². The van der Waals surface area contributed by atoms with E-state index in [4.69, 9.17) is 9.57 Å². The first-order valence-corrected chi connectivity index (χ1v) is 10.5. The topological polar surface area (TPSA) is 59.1 Å². The Bertz CT molecular complexity index is 1150. The predicted octanol–water partition coefficient (Wildman–Crippen LogP) is 4.28. The van der Waals surface area contributed by atoms with Crippen LogP contribution in [0, 0.1) is 11.7 Å². The van der Waals surface area contributed by atoms with Crippen LogP contribution in [-0.2, 0) is 14.4 Å². The molecule has 2 aliphatic heterocycles. The number of nitrogens with zero attached hydrogens (tertiary/aromatic N) is 2. The largest absolute Gasteiger partial charge is 0.494 e. The highest BCUT2D eigenvalue weighted by molar-refractivity contribution is 6.23. The van der Waals surface area contributed by atoms with Crippen LogP contribution in [0.15, 0.2) is 78.9 Å². The summed E-state index contributed by atoms with van der Waals surface area (Å²) in [5.74, 6) is -1.58. The molecule has 7 heteroatoms. The summed E-state index contributed by atoms with van der Waals surface area (Å²) in [5.41, 5.74) is 1.38. The second-order valence-electron chi connectivity index (χ2n) is 7.62. The molecule has 2 fully saturated rings. The van der Waals surface area contributed by atoms with Crippen LogP contribution < -0.4 is 14.7 Å². The smallest absolute Gasteiger partial charge is 0.266 e. The third-order valence-corrected chi connectivity index (χ3v) is 5.76. The van der Waals surface area contributed by atoms with Crippen LogP contribution in [-0.4, -0.2) is 24.5 Å². The molecule has 0 saturated carbocycles. The molecule has 3 aromatic rings. The van der Waals surface area contributed by atoms with Gasteiger partial charge in [0.1, 0.15) is 17.5 Å². The number of hydrogen-bond donors (Lipinski definition) is 0. The fourth-order valence-corrected chi connectivity index (χ4v) is 4.36. The second kappa shape index (κ2) is 8.09. The molecule has 0 aromatic heterocycles. The van der Waals surface area contributed by atoms with Gasteiger partial charge in [-0.05, 0) is 49.4 Å². The number of amides is 2. The highest BCUT2D eigenvalue weighted by atomic mass is 19.1. The lowest BCUT2D eigenvalue weighted by molar-refractivity contribution is -0.126. The molecule has 0 radical (unpaired) electrons. The molecule has 5 rings (SSSR count). The van der Waals surface area contributed by atoms with E-state index in [-0.39, 0.29) is 0 Å². The Morgan fingerprint density at radius 1 is 0.875 bits per heavy atom. The molecule has 2 saturated heterocycles. The van der Waals surface area contributed by atoms with Gasteiger partial charge in [-0.15, -0.1) is 0 Å². The predicted molar refractivity (Wildman–Crippen MR) is 117 cm³/mol. The third kappa shape index (κ3) is 3.22. The Balaban J connectivity index is 1.55. The number of carbonyl (C=O) groups excluding carboxylic acids is 2. The second-order valence-corrected chi connectivity index (χ2v) is 7.62. The number of imide groups is 1. The van der Waals surface area contributed by atoms with Crippen LogP contribution >= 0.6 is 0 Å². The van der Waals surface area contributed by atoms with Gasteiger partial charge in [0.2, 0.25) is 5.91 Å². The van der Waals surface area contributed by atoms with Gasteiger partial charge in [-0.1, -0.05) is 36.4 Å². The number of hydrogen-bond acceptors (Lipinski definition) is 5. The van der Waals surface area contributed by atoms with E-state index in [2.05, 4.69) is 0 Å². The van der Waals surface area contributed by atoms with Crippen molar-refractivity contribution < 1.29 is 23.6 Å². The zero-order valence-electron chi connectivity index (χ0n) is 17.4. The molecule has 0 spiro atoms. The van der Waals surface area contributed by atoms with Gasteiger partial charge in [-0.25, -0.2) is 14.4 Å². The molecule has 2 aliphatic rings. The average molecular weight is 432 g/mol. The highest BCUT2D eigenvalue weighted by Crippen LogP contribution is 2.48. The monoisotopic (exact) mass is 432 g/mol. The lowest BCUT2D eigenvalue weighted by Gasteiger charge is -2.29. The number of halogens is 1. The third-order valence-electron chi connectivity index (χ3n) is 5.76. The van der Waals surface area contributed by atoms with Gasteiger partial charge in [0.25, 0.3) is 5.91 Å². The molecule has 3 atom stereocenters. The summed E-state index contributed by atoms with van der Waals surface area (Å²) in [5, 5.41) is 1.49. The summed E-state index contributed by atoms with van der Waals surface area (Å²) in [6, 6.07) is 21.3. The Morgan fingerprint density at radius 2 is 1.56 bits per heavy atom. The number of hydroxylamine groups is 1. The van der Waals surface area contributed by atoms with Crippen molar-refractivity contribution in [2.24, 2.45) is 5.92 Å². The van der Waals surface area contributed by atoms with E-state index in [1.807, 2.05) is 25.1 Å². The van der Waals surface area contributed by atoms with Crippen molar-refractivity contribution in [3.63, 3.8) is 0 Å². The number of benzene rings is 3. The first kappa shape index (κ1) is 20.2. The SMILES string of the molecule is CCOc1ccc(N2C(=O)[C@H]3[C@H](ON(c4ccccc4)[C@H]3c3ccccc3F)C2=O)cc1. The van der Waals surface area contributed by atoms with E-state index < -0.39 is 35.7 Å². The summed E-state index contributed by atoms with van der Waals surface area (Å²) in [6.45, 7) is 2.39. The van der Waals surface area contributed by atoms with Crippen molar-refractivity contribution >= 4 is 23.2 Å². The Kier molecular flexibility index (Phi) is 5.11. The fraction of sp³-hybridized carbons (Fsp3) is 0.200. The van der Waals surface area contributed by atoms with Crippen LogP contribution in [0.25, 0.3) is 0 Å². The first-order chi connectivity index (χ1) is 15.6.